The van der Waals surface area contributed by atoms with Crippen LogP contribution in [0.1, 0.15) is 30.4 Å². The summed E-state index contributed by atoms with van der Waals surface area (Å²) in [5.41, 5.74) is 1.98. The van der Waals surface area contributed by atoms with Gasteiger partial charge < -0.3 is 9.47 Å². The number of rotatable bonds is 4. The van der Waals surface area contributed by atoms with Crippen LogP contribution in [-0.2, 0) is 22.7 Å². The number of carbonyl (C=O) groups excluding carboxylic acids is 1. The van der Waals surface area contributed by atoms with Crippen molar-refractivity contribution < 1.29 is 19.1 Å². The normalized spacial score (nSPS) is 21.0. The summed E-state index contributed by atoms with van der Waals surface area (Å²) in [5.74, 6) is 1.76. The Bertz CT molecular complexity index is 878. The van der Waals surface area contributed by atoms with Crippen LogP contribution in [-0.4, -0.2) is 47.8 Å². The number of hydroxylamine groups is 2. The molecule has 29 heavy (non-hydrogen) atoms. The van der Waals surface area contributed by atoms with Gasteiger partial charge >= 0.3 is 0 Å². The molecule has 1 amide bonds. The number of nitrogens with zero attached hydrogens (tertiary/aromatic N) is 2. The molecule has 6 heteroatoms. The first-order chi connectivity index (χ1) is 14.2. The van der Waals surface area contributed by atoms with Gasteiger partial charge in [0, 0.05) is 19.6 Å². The number of hydrogen-bond acceptors (Lipinski definition) is 5. The zero-order valence-corrected chi connectivity index (χ0v) is 16.5. The Hall–Kier alpha value is -2.57. The molecule has 0 aliphatic carbocycles. The predicted molar refractivity (Wildman–Crippen MR) is 107 cm³/mol. The number of benzene rings is 2. The number of likely N-dealkylation sites (tertiary alicyclic amines) is 1. The maximum Gasteiger partial charge on any atom is 0.249 e. The van der Waals surface area contributed by atoms with E-state index in [0.717, 1.165) is 49.5 Å². The van der Waals surface area contributed by atoms with Crippen molar-refractivity contribution in [2.75, 3.05) is 26.3 Å². The fourth-order valence-corrected chi connectivity index (χ4v) is 4.38. The Morgan fingerprint density at radius 3 is 2.41 bits per heavy atom. The van der Waals surface area contributed by atoms with Crippen LogP contribution in [0.3, 0.4) is 0 Å². The number of hydrogen-bond donors (Lipinski definition) is 0. The lowest BCUT2D eigenvalue weighted by atomic mass is 9.88. The molecule has 2 fully saturated rings. The molecule has 0 aromatic heterocycles. The molecular weight excluding hydrogens is 368 g/mol. The third-order valence-corrected chi connectivity index (χ3v) is 6.00. The highest BCUT2D eigenvalue weighted by atomic mass is 16.7. The highest BCUT2D eigenvalue weighted by Gasteiger charge is 2.46. The highest BCUT2D eigenvalue weighted by Crippen LogP contribution is 2.38. The lowest BCUT2D eigenvalue weighted by Crippen LogP contribution is -2.44. The molecule has 5 rings (SSSR count). The summed E-state index contributed by atoms with van der Waals surface area (Å²) >= 11 is 0. The lowest BCUT2D eigenvalue weighted by molar-refractivity contribution is -0.214. The average Bonchev–Trinajstić information content (AvgIpc) is 3.05. The summed E-state index contributed by atoms with van der Waals surface area (Å²) in [5, 5.41) is 1.56. The van der Waals surface area contributed by atoms with E-state index in [1.165, 1.54) is 5.56 Å². The fraction of sp³-hybridized carbons (Fsp3) is 0.435. The van der Waals surface area contributed by atoms with E-state index in [-0.39, 0.29) is 11.5 Å². The number of carbonyl (C=O) groups is 1. The molecule has 3 aliphatic heterocycles. The first kappa shape index (κ1) is 18.5. The van der Waals surface area contributed by atoms with Gasteiger partial charge in [-0.2, -0.15) is 0 Å². The minimum atomic E-state index is -0.338. The van der Waals surface area contributed by atoms with Crippen molar-refractivity contribution in [3.8, 4) is 11.5 Å². The third-order valence-electron chi connectivity index (χ3n) is 6.00. The van der Waals surface area contributed by atoms with Crippen LogP contribution in [0.2, 0.25) is 0 Å². The van der Waals surface area contributed by atoms with Crippen LogP contribution in [0.15, 0.2) is 48.5 Å². The fourth-order valence-electron chi connectivity index (χ4n) is 4.38. The monoisotopic (exact) mass is 394 g/mol. The predicted octanol–water partition coefficient (Wildman–Crippen LogP) is 3.16. The summed E-state index contributed by atoms with van der Waals surface area (Å²) in [4.78, 5) is 21.1. The van der Waals surface area contributed by atoms with Gasteiger partial charge in [0.1, 0.15) is 18.8 Å². The second-order valence-corrected chi connectivity index (χ2v) is 8.12. The van der Waals surface area contributed by atoms with Gasteiger partial charge in [-0.05, 0) is 36.1 Å². The van der Waals surface area contributed by atoms with Gasteiger partial charge in [-0.1, -0.05) is 36.4 Å². The Morgan fingerprint density at radius 2 is 1.62 bits per heavy atom. The summed E-state index contributed by atoms with van der Waals surface area (Å²) in [6.07, 6.45) is 2.22. The zero-order valence-electron chi connectivity index (χ0n) is 16.5. The molecule has 2 aromatic carbocycles. The van der Waals surface area contributed by atoms with Crippen LogP contribution in [0.4, 0.5) is 0 Å². The van der Waals surface area contributed by atoms with Crippen molar-refractivity contribution in [1.82, 2.24) is 9.96 Å². The molecule has 152 valence electrons. The molecule has 0 N–H and O–H groups in total. The Balaban J connectivity index is 1.18. The molecule has 3 aliphatic rings. The standard InChI is InChI=1S/C23H26N2O4/c26-22-15-23(29-25(22)17-18-4-2-1-3-5-18)8-10-24(11-9-23)16-19-6-7-20-21(14-19)28-13-12-27-20/h1-7,14H,8-13,15-17H2. The minimum absolute atomic E-state index is 0.0918. The number of fused-ring (bicyclic) bond motifs is 1. The SMILES string of the molecule is O=C1CC2(CCN(Cc3ccc4c(c3)OCCO4)CC2)ON1Cc1ccccc1. The summed E-state index contributed by atoms with van der Waals surface area (Å²) < 4.78 is 11.3. The average molecular weight is 394 g/mol. The first-order valence-corrected chi connectivity index (χ1v) is 10.3. The van der Waals surface area contributed by atoms with Crippen LogP contribution in [0.5, 0.6) is 11.5 Å². The van der Waals surface area contributed by atoms with Gasteiger partial charge in [0.25, 0.3) is 0 Å². The van der Waals surface area contributed by atoms with E-state index < -0.39 is 0 Å². The number of amides is 1. The van der Waals surface area contributed by atoms with Crippen molar-refractivity contribution in [3.05, 3.63) is 59.7 Å². The van der Waals surface area contributed by atoms with Gasteiger partial charge in [0.15, 0.2) is 11.5 Å². The Labute approximate surface area is 170 Å². The summed E-state index contributed by atoms with van der Waals surface area (Å²) in [6, 6.07) is 16.2. The molecular formula is C23H26N2O4. The molecule has 0 radical (unpaired) electrons. The van der Waals surface area contributed by atoms with Crippen LogP contribution >= 0.6 is 0 Å². The van der Waals surface area contributed by atoms with E-state index in [4.69, 9.17) is 14.3 Å². The quantitative estimate of drug-likeness (QED) is 0.797. The second-order valence-electron chi connectivity index (χ2n) is 8.12. The lowest BCUT2D eigenvalue weighted by Gasteiger charge is -2.38. The van der Waals surface area contributed by atoms with Gasteiger partial charge in [0.2, 0.25) is 5.91 Å². The number of piperidine rings is 1. The van der Waals surface area contributed by atoms with Crippen molar-refractivity contribution in [2.24, 2.45) is 0 Å². The molecule has 3 heterocycles. The summed E-state index contributed by atoms with van der Waals surface area (Å²) in [7, 11) is 0. The largest absolute Gasteiger partial charge is 0.486 e. The van der Waals surface area contributed by atoms with E-state index in [2.05, 4.69) is 17.0 Å². The Morgan fingerprint density at radius 1 is 0.862 bits per heavy atom. The molecule has 0 saturated carbocycles. The molecule has 0 unspecified atom stereocenters. The molecule has 0 atom stereocenters. The minimum Gasteiger partial charge on any atom is -0.486 e. The van der Waals surface area contributed by atoms with Gasteiger partial charge in [-0.3, -0.25) is 14.5 Å². The van der Waals surface area contributed by atoms with E-state index in [9.17, 15) is 4.79 Å². The maximum absolute atomic E-state index is 12.5. The van der Waals surface area contributed by atoms with E-state index in [1.54, 1.807) is 5.06 Å². The van der Waals surface area contributed by atoms with Crippen molar-refractivity contribution in [2.45, 2.75) is 38.0 Å². The highest BCUT2D eigenvalue weighted by molar-refractivity contribution is 5.78. The zero-order chi connectivity index (χ0) is 19.7. The second kappa shape index (κ2) is 7.69. The van der Waals surface area contributed by atoms with E-state index in [0.29, 0.717) is 26.2 Å². The van der Waals surface area contributed by atoms with E-state index >= 15 is 0 Å². The molecule has 6 nitrogen and oxygen atoms in total. The number of ether oxygens (including phenoxy) is 2. The smallest absolute Gasteiger partial charge is 0.249 e. The maximum atomic E-state index is 12.5. The van der Waals surface area contributed by atoms with Crippen LogP contribution < -0.4 is 9.47 Å². The molecule has 2 aromatic rings. The van der Waals surface area contributed by atoms with Crippen molar-refractivity contribution >= 4 is 5.91 Å². The van der Waals surface area contributed by atoms with Gasteiger partial charge in [-0.15, -0.1) is 0 Å². The van der Waals surface area contributed by atoms with Crippen molar-refractivity contribution in [1.29, 1.82) is 0 Å². The molecule has 2 saturated heterocycles. The molecule has 0 bridgehead atoms. The van der Waals surface area contributed by atoms with Gasteiger partial charge in [0.05, 0.1) is 13.0 Å². The van der Waals surface area contributed by atoms with Crippen molar-refractivity contribution in [3.63, 3.8) is 0 Å². The first-order valence-electron chi connectivity index (χ1n) is 10.3. The third kappa shape index (κ3) is 3.95. The summed E-state index contributed by atoms with van der Waals surface area (Å²) in [6.45, 7) is 4.44. The van der Waals surface area contributed by atoms with E-state index in [1.807, 2.05) is 36.4 Å². The molecule has 1 spiro atoms. The Kier molecular flexibility index (Phi) is 4.89. The topological polar surface area (TPSA) is 51.2 Å². The van der Waals surface area contributed by atoms with Gasteiger partial charge in [-0.25, -0.2) is 5.06 Å². The van der Waals surface area contributed by atoms with Crippen LogP contribution in [0, 0.1) is 0 Å². The van der Waals surface area contributed by atoms with Crippen LogP contribution in [0.25, 0.3) is 0 Å².